The molecule has 3 heteroatoms. The lowest BCUT2D eigenvalue weighted by atomic mass is 10.3. The van der Waals surface area contributed by atoms with Crippen LogP contribution in [0.3, 0.4) is 0 Å². The normalized spacial score (nSPS) is 24.4. The van der Waals surface area contributed by atoms with Gasteiger partial charge in [0.05, 0.1) is 0 Å². The molecule has 0 aromatic rings. The van der Waals surface area contributed by atoms with E-state index in [0.717, 1.165) is 19.6 Å². The Kier molecular flexibility index (Phi) is 2.57. The molecule has 0 radical (unpaired) electrons. The lowest BCUT2D eigenvalue weighted by molar-refractivity contribution is 0.322. The summed E-state index contributed by atoms with van der Waals surface area (Å²) >= 11 is 0. The summed E-state index contributed by atoms with van der Waals surface area (Å²) < 4.78 is 0. The molecule has 0 atom stereocenters. The second kappa shape index (κ2) is 3.46. The number of likely N-dealkylation sites (N-methyl/N-ethyl adjacent to an activating group) is 1. The van der Waals surface area contributed by atoms with Crippen molar-refractivity contribution < 1.29 is 0 Å². The first-order valence-corrected chi connectivity index (χ1v) is 3.61. The highest BCUT2D eigenvalue weighted by Gasteiger charge is 2.07. The lowest BCUT2D eigenvalue weighted by Crippen LogP contribution is -2.40. The molecule has 0 bridgehead atoms. The first-order valence-electron chi connectivity index (χ1n) is 3.61. The third kappa shape index (κ3) is 1.92. The van der Waals surface area contributed by atoms with Crippen molar-refractivity contribution >= 4 is 0 Å². The van der Waals surface area contributed by atoms with E-state index in [1.807, 2.05) is 13.2 Å². The number of hydrogen-bond acceptors (Lipinski definition) is 3. The highest BCUT2D eigenvalue weighted by molar-refractivity contribution is 5.02. The molecular weight excluding hydrogens is 126 g/mol. The first-order chi connectivity index (χ1) is 4.83. The third-order valence-electron chi connectivity index (χ3n) is 1.60. The van der Waals surface area contributed by atoms with Crippen LogP contribution in [0.4, 0.5) is 0 Å². The van der Waals surface area contributed by atoms with E-state index in [2.05, 4.69) is 22.6 Å². The Morgan fingerprint density at radius 3 is 3.10 bits per heavy atom. The van der Waals surface area contributed by atoms with Gasteiger partial charge in [0.2, 0.25) is 0 Å². The lowest BCUT2D eigenvalue weighted by Gasteiger charge is -2.25. The zero-order valence-corrected chi connectivity index (χ0v) is 6.65. The molecular formula is C7H15N3. The number of nitrogens with zero attached hydrogens (tertiary/aromatic N) is 1. The number of piperazine rings is 1. The van der Waals surface area contributed by atoms with E-state index in [4.69, 9.17) is 0 Å². The van der Waals surface area contributed by atoms with Crippen molar-refractivity contribution in [3.63, 3.8) is 0 Å². The average molecular weight is 141 g/mol. The smallest absolute Gasteiger partial charge is 0.0409 e. The molecule has 0 aliphatic carbocycles. The molecule has 0 saturated carbocycles. The molecule has 58 valence electrons. The summed E-state index contributed by atoms with van der Waals surface area (Å²) in [5.41, 5.74) is 1.27. The summed E-state index contributed by atoms with van der Waals surface area (Å²) in [7, 11) is 4.05. The van der Waals surface area contributed by atoms with E-state index in [-0.39, 0.29) is 0 Å². The Bertz CT molecular complexity index is 131. The Hall–Kier alpha value is -0.700. The molecule has 0 aromatic heterocycles. The molecule has 0 spiro atoms. The van der Waals surface area contributed by atoms with E-state index >= 15 is 0 Å². The Labute approximate surface area is 62.1 Å². The maximum absolute atomic E-state index is 3.31. The predicted molar refractivity (Wildman–Crippen MR) is 42.6 cm³/mol. The fourth-order valence-electron chi connectivity index (χ4n) is 1.10. The van der Waals surface area contributed by atoms with Crippen LogP contribution in [0, 0.1) is 0 Å². The van der Waals surface area contributed by atoms with Gasteiger partial charge in [-0.15, -0.1) is 0 Å². The molecule has 2 N–H and O–H groups in total. The minimum Gasteiger partial charge on any atom is -0.393 e. The largest absolute Gasteiger partial charge is 0.393 e. The van der Waals surface area contributed by atoms with E-state index in [9.17, 15) is 0 Å². The van der Waals surface area contributed by atoms with Gasteiger partial charge in [-0.1, -0.05) is 0 Å². The van der Waals surface area contributed by atoms with E-state index in [1.54, 1.807) is 0 Å². The number of nitrogens with one attached hydrogen (secondary N) is 2. The topological polar surface area (TPSA) is 27.3 Å². The van der Waals surface area contributed by atoms with Gasteiger partial charge in [-0.25, -0.2) is 0 Å². The first kappa shape index (κ1) is 7.41. The van der Waals surface area contributed by atoms with Crippen molar-refractivity contribution in [2.45, 2.75) is 0 Å². The van der Waals surface area contributed by atoms with Crippen LogP contribution in [0.15, 0.2) is 11.9 Å². The molecule has 0 aromatic carbocycles. The third-order valence-corrected chi connectivity index (χ3v) is 1.60. The van der Waals surface area contributed by atoms with Gasteiger partial charge in [-0.3, -0.25) is 4.90 Å². The van der Waals surface area contributed by atoms with Crippen molar-refractivity contribution in [1.29, 1.82) is 0 Å². The second-order valence-electron chi connectivity index (χ2n) is 2.62. The monoisotopic (exact) mass is 141 g/mol. The molecule has 1 fully saturated rings. The van der Waals surface area contributed by atoms with Gasteiger partial charge in [-0.2, -0.15) is 0 Å². The zero-order chi connectivity index (χ0) is 7.40. The standard InChI is InChI=1S/C7H15N3/c1-8-5-7-6-10(2)4-3-9-7/h5,8-9H,3-4,6H2,1-2H3/b7-5-. The minimum atomic E-state index is 1.03. The van der Waals surface area contributed by atoms with Crippen LogP contribution in [0.2, 0.25) is 0 Å². The molecule has 1 rings (SSSR count). The van der Waals surface area contributed by atoms with Crippen LogP contribution in [0.1, 0.15) is 0 Å². The highest BCUT2D eigenvalue weighted by Crippen LogP contribution is 1.96. The van der Waals surface area contributed by atoms with E-state index in [1.165, 1.54) is 5.70 Å². The SMILES string of the molecule is CN/C=C1/CN(C)CCN1. The summed E-state index contributed by atoms with van der Waals surface area (Å²) in [5.74, 6) is 0. The summed E-state index contributed by atoms with van der Waals surface area (Å²) in [5, 5.41) is 6.31. The molecule has 10 heavy (non-hydrogen) atoms. The summed E-state index contributed by atoms with van der Waals surface area (Å²) in [6, 6.07) is 0. The highest BCUT2D eigenvalue weighted by atomic mass is 15.2. The quantitative estimate of drug-likeness (QED) is 0.519. The maximum atomic E-state index is 3.31. The molecule has 1 aliphatic heterocycles. The Morgan fingerprint density at radius 2 is 2.50 bits per heavy atom. The fourth-order valence-corrected chi connectivity index (χ4v) is 1.10. The molecule has 1 heterocycles. The van der Waals surface area contributed by atoms with Gasteiger partial charge >= 0.3 is 0 Å². The number of hydrogen-bond donors (Lipinski definition) is 2. The Morgan fingerprint density at radius 1 is 1.70 bits per heavy atom. The van der Waals surface area contributed by atoms with Gasteiger partial charge in [-0.05, 0) is 7.05 Å². The fraction of sp³-hybridized carbons (Fsp3) is 0.714. The molecule has 0 amide bonds. The number of rotatable bonds is 1. The second-order valence-corrected chi connectivity index (χ2v) is 2.62. The van der Waals surface area contributed by atoms with Crippen LogP contribution < -0.4 is 10.6 Å². The van der Waals surface area contributed by atoms with Crippen LogP contribution in [-0.2, 0) is 0 Å². The summed E-state index contributed by atoms with van der Waals surface area (Å²) in [4.78, 5) is 2.29. The molecule has 1 saturated heterocycles. The van der Waals surface area contributed by atoms with E-state index in [0.29, 0.717) is 0 Å². The van der Waals surface area contributed by atoms with Crippen LogP contribution in [-0.4, -0.2) is 38.6 Å². The zero-order valence-electron chi connectivity index (χ0n) is 6.65. The summed E-state index contributed by atoms with van der Waals surface area (Å²) in [6.07, 6.45) is 2.01. The van der Waals surface area contributed by atoms with Gasteiger partial charge < -0.3 is 10.6 Å². The van der Waals surface area contributed by atoms with Crippen LogP contribution in [0.25, 0.3) is 0 Å². The van der Waals surface area contributed by atoms with E-state index < -0.39 is 0 Å². The van der Waals surface area contributed by atoms with Gasteiger partial charge in [0.15, 0.2) is 0 Å². The molecule has 0 unspecified atom stereocenters. The van der Waals surface area contributed by atoms with Crippen molar-refractivity contribution in [3.8, 4) is 0 Å². The molecule has 3 nitrogen and oxygen atoms in total. The minimum absolute atomic E-state index is 1.03. The van der Waals surface area contributed by atoms with Crippen LogP contribution in [0.5, 0.6) is 0 Å². The molecule has 1 aliphatic rings. The van der Waals surface area contributed by atoms with Crippen molar-refractivity contribution in [2.24, 2.45) is 0 Å². The van der Waals surface area contributed by atoms with Crippen molar-refractivity contribution in [2.75, 3.05) is 33.7 Å². The van der Waals surface area contributed by atoms with Crippen molar-refractivity contribution in [1.82, 2.24) is 15.5 Å². The van der Waals surface area contributed by atoms with Gasteiger partial charge in [0, 0.05) is 38.6 Å². The van der Waals surface area contributed by atoms with Crippen LogP contribution >= 0.6 is 0 Å². The maximum Gasteiger partial charge on any atom is 0.0409 e. The average Bonchev–Trinajstić information content (AvgIpc) is 1.88. The summed E-state index contributed by atoms with van der Waals surface area (Å²) in [6.45, 7) is 3.23. The van der Waals surface area contributed by atoms with Gasteiger partial charge in [0.25, 0.3) is 0 Å². The van der Waals surface area contributed by atoms with Gasteiger partial charge in [0.1, 0.15) is 0 Å². The van der Waals surface area contributed by atoms with Crippen molar-refractivity contribution in [3.05, 3.63) is 11.9 Å². The predicted octanol–water partition coefficient (Wildman–Crippen LogP) is -0.418. The Balaban J connectivity index is 2.39.